The highest BCUT2D eigenvalue weighted by Crippen LogP contribution is 2.32. The minimum Gasteiger partial charge on any atom is -0.458 e. The molecule has 0 saturated heterocycles. The van der Waals surface area contributed by atoms with Gasteiger partial charge in [0.25, 0.3) is 0 Å². The Hall–Kier alpha value is -1.55. The standard InChI is InChI=1S/C14H15NO2S/c16-14(8-10-3-4-10)15-9-11-5-6-12(17-11)13-2-1-7-18-13/h1-2,5-7,10H,3-4,8-9H2,(H,15,16). The quantitative estimate of drug-likeness (QED) is 0.896. The van der Waals surface area contributed by atoms with Gasteiger partial charge in [0.2, 0.25) is 5.91 Å². The van der Waals surface area contributed by atoms with Gasteiger partial charge in [0.05, 0.1) is 11.4 Å². The van der Waals surface area contributed by atoms with Crippen molar-refractivity contribution in [3.05, 3.63) is 35.4 Å². The monoisotopic (exact) mass is 261 g/mol. The van der Waals surface area contributed by atoms with E-state index in [1.54, 1.807) is 11.3 Å². The van der Waals surface area contributed by atoms with Crippen LogP contribution in [-0.2, 0) is 11.3 Å². The number of hydrogen-bond acceptors (Lipinski definition) is 3. The molecule has 0 radical (unpaired) electrons. The van der Waals surface area contributed by atoms with Gasteiger partial charge >= 0.3 is 0 Å². The first-order valence-electron chi connectivity index (χ1n) is 6.20. The maximum Gasteiger partial charge on any atom is 0.220 e. The molecular weight excluding hydrogens is 246 g/mol. The van der Waals surface area contributed by atoms with Crippen LogP contribution in [0.1, 0.15) is 25.0 Å². The second-order valence-corrected chi connectivity index (χ2v) is 5.62. The van der Waals surface area contributed by atoms with Crippen molar-refractivity contribution in [2.75, 3.05) is 0 Å². The number of rotatable bonds is 5. The van der Waals surface area contributed by atoms with Crippen molar-refractivity contribution in [2.24, 2.45) is 5.92 Å². The molecule has 2 aromatic heterocycles. The molecule has 3 nitrogen and oxygen atoms in total. The van der Waals surface area contributed by atoms with Gasteiger partial charge in [-0.25, -0.2) is 0 Å². The van der Waals surface area contributed by atoms with Crippen LogP contribution < -0.4 is 5.32 Å². The number of thiophene rings is 1. The molecule has 4 heteroatoms. The van der Waals surface area contributed by atoms with Gasteiger partial charge < -0.3 is 9.73 Å². The van der Waals surface area contributed by atoms with E-state index in [4.69, 9.17) is 4.42 Å². The first-order chi connectivity index (χ1) is 8.81. The normalized spacial score (nSPS) is 14.7. The van der Waals surface area contributed by atoms with Gasteiger partial charge in [0.15, 0.2) is 0 Å². The zero-order valence-corrected chi connectivity index (χ0v) is 10.8. The van der Waals surface area contributed by atoms with Crippen molar-refractivity contribution in [3.63, 3.8) is 0 Å². The van der Waals surface area contributed by atoms with E-state index in [1.165, 1.54) is 12.8 Å². The van der Waals surface area contributed by atoms with Crippen molar-refractivity contribution in [1.29, 1.82) is 0 Å². The van der Waals surface area contributed by atoms with E-state index in [1.807, 2.05) is 29.6 Å². The van der Waals surface area contributed by atoms with E-state index >= 15 is 0 Å². The molecule has 0 bridgehead atoms. The smallest absolute Gasteiger partial charge is 0.220 e. The zero-order valence-electron chi connectivity index (χ0n) is 10.0. The summed E-state index contributed by atoms with van der Waals surface area (Å²) in [5, 5.41) is 4.92. The number of nitrogens with one attached hydrogen (secondary N) is 1. The maximum atomic E-state index is 11.6. The average molecular weight is 261 g/mol. The van der Waals surface area contributed by atoms with Gasteiger partial charge in [-0.3, -0.25) is 4.79 Å². The van der Waals surface area contributed by atoms with Crippen LogP contribution in [0.15, 0.2) is 34.1 Å². The predicted octanol–water partition coefficient (Wildman–Crippen LogP) is 3.42. The van der Waals surface area contributed by atoms with Crippen LogP contribution in [0.2, 0.25) is 0 Å². The van der Waals surface area contributed by atoms with Crippen molar-refractivity contribution in [1.82, 2.24) is 5.32 Å². The molecule has 1 saturated carbocycles. The number of carbonyl (C=O) groups is 1. The van der Waals surface area contributed by atoms with Crippen LogP contribution in [0.25, 0.3) is 10.6 Å². The fourth-order valence-electron chi connectivity index (χ4n) is 1.87. The molecular formula is C14H15NO2S. The molecule has 2 aromatic rings. The molecule has 1 N–H and O–H groups in total. The summed E-state index contributed by atoms with van der Waals surface area (Å²) in [6.45, 7) is 0.483. The third-order valence-corrected chi connectivity index (χ3v) is 3.94. The number of furan rings is 1. The summed E-state index contributed by atoms with van der Waals surface area (Å²) in [5.41, 5.74) is 0. The van der Waals surface area contributed by atoms with Crippen molar-refractivity contribution in [2.45, 2.75) is 25.8 Å². The summed E-state index contributed by atoms with van der Waals surface area (Å²) in [7, 11) is 0. The number of hydrogen-bond donors (Lipinski definition) is 1. The molecule has 0 spiro atoms. The lowest BCUT2D eigenvalue weighted by Gasteiger charge is -2.01. The molecule has 18 heavy (non-hydrogen) atoms. The highest BCUT2D eigenvalue weighted by Gasteiger charge is 2.24. The Bertz CT molecular complexity index is 526. The van der Waals surface area contributed by atoms with E-state index in [0.29, 0.717) is 18.9 Å². The lowest BCUT2D eigenvalue weighted by molar-refractivity contribution is -0.121. The fourth-order valence-corrected chi connectivity index (χ4v) is 2.55. The second kappa shape index (κ2) is 4.98. The van der Waals surface area contributed by atoms with Gasteiger partial charge in [-0.1, -0.05) is 6.07 Å². The third kappa shape index (κ3) is 2.82. The van der Waals surface area contributed by atoms with E-state index in [-0.39, 0.29) is 5.91 Å². The van der Waals surface area contributed by atoms with Crippen LogP contribution in [0.3, 0.4) is 0 Å². The molecule has 1 fully saturated rings. The summed E-state index contributed by atoms with van der Waals surface area (Å²) in [4.78, 5) is 12.7. The van der Waals surface area contributed by atoms with Gasteiger partial charge in [0, 0.05) is 6.42 Å². The minimum atomic E-state index is 0.131. The van der Waals surface area contributed by atoms with E-state index in [0.717, 1.165) is 16.4 Å². The Kier molecular flexibility index (Phi) is 3.19. The van der Waals surface area contributed by atoms with Gasteiger partial charge in [-0.05, 0) is 42.3 Å². The molecule has 1 aliphatic carbocycles. The summed E-state index contributed by atoms with van der Waals surface area (Å²) in [5.74, 6) is 2.44. The predicted molar refractivity (Wildman–Crippen MR) is 71.2 cm³/mol. The third-order valence-electron chi connectivity index (χ3n) is 3.06. The van der Waals surface area contributed by atoms with Crippen molar-refractivity contribution >= 4 is 17.2 Å². The van der Waals surface area contributed by atoms with Crippen LogP contribution in [0.4, 0.5) is 0 Å². The second-order valence-electron chi connectivity index (χ2n) is 4.67. The van der Waals surface area contributed by atoms with Crippen molar-refractivity contribution < 1.29 is 9.21 Å². The van der Waals surface area contributed by atoms with Crippen LogP contribution in [0, 0.1) is 5.92 Å². The van der Waals surface area contributed by atoms with Gasteiger partial charge in [-0.15, -0.1) is 11.3 Å². The van der Waals surface area contributed by atoms with E-state index in [9.17, 15) is 4.79 Å². The maximum absolute atomic E-state index is 11.6. The average Bonchev–Trinajstić information content (AvgIpc) is 2.87. The number of amides is 1. The highest BCUT2D eigenvalue weighted by atomic mass is 32.1. The molecule has 0 unspecified atom stereocenters. The Morgan fingerprint density at radius 3 is 3.00 bits per heavy atom. The topological polar surface area (TPSA) is 42.2 Å². The molecule has 2 heterocycles. The SMILES string of the molecule is O=C(CC1CC1)NCc1ccc(-c2cccs2)o1. The molecule has 3 rings (SSSR count). The molecule has 0 aliphatic heterocycles. The minimum absolute atomic E-state index is 0.131. The summed E-state index contributed by atoms with van der Waals surface area (Å²) < 4.78 is 5.69. The first-order valence-corrected chi connectivity index (χ1v) is 7.08. The Balaban J connectivity index is 1.55. The largest absolute Gasteiger partial charge is 0.458 e. The molecule has 1 amide bonds. The van der Waals surface area contributed by atoms with E-state index < -0.39 is 0 Å². The Morgan fingerprint density at radius 2 is 2.28 bits per heavy atom. The molecule has 0 aromatic carbocycles. The lowest BCUT2D eigenvalue weighted by atomic mass is 10.3. The molecule has 1 aliphatic rings. The summed E-state index contributed by atoms with van der Waals surface area (Å²) in [6, 6.07) is 7.90. The van der Waals surface area contributed by atoms with E-state index in [2.05, 4.69) is 5.32 Å². The fraction of sp³-hybridized carbons (Fsp3) is 0.357. The van der Waals surface area contributed by atoms with Gasteiger partial charge in [-0.2, -0.15) is 0 Å². The van der Waals surface area contributed by atoms with Gasteiger partial charge in [0.1, 0.15) is 11.5 Å². The zero-order chi connectivity index (χ0) is 12.4. The highest BCUT2D eigenvalue weighted by molar-refractivity contribution is 7.13. The summed E-state index contributed by atoms with van der Waals surface area (Å²) >= 11 is 1.65. The van der Waals surface area contributed by atoms with Crippen LogP contribution >= 0.6 is 11.3 Å². The molecule has 0 atom stereocenters. The molecule has 94 valence electrons. The van der Waals surface area contributed by atoms with Crippen molar-refractivity contribution in [3.8, 4) is 10.6 Å². The van der Waals surface area contributed by atoms with Crippen LogP contribution in [-0.4, -0.2) is 5.91 Å². The first kappa shape index (κ1) is 11.5. The van der Waals surface area contributed by atoms with Crippen LogP contribution in [0.5, 0.6) is 0 Å². The Labute approximate surface area is 110 Å². The summed E-state index contributed by atoms with van der Waals surface area (Å²) in [6.07, 6.45) is 3.08. The number of carbonyl (C=O) groups excluding carboxylic acids is 1. The Morgan fingerprint density at radius 1 is 1.39 bits per heavy atom. The lowest BCUT2D eigenvalue weighted by Crippen LogP contribution is -2.22.